The van der Waals surface area contributed by atoms with Gasteiger partial charge in [0.25, 0.3) is 5.91 Å². The summed E-state index contributed by atoms with van der Waals surface area (Å²) in [5, 5.41) is 1.06. The maximum atomic E-state index is 13.2. The smallest absolute Gasteiger partial charge is 0.253 e. The van der Waals surface area contributed by atoms with Crippen molar-refractivity contribution < 1.29 is 19.0 Å². The zero-order chi connectivity index (χ0) is 28.9. The summed E-state index contributed by atoms with van der Waals surface area (Å²) >= 11 is 7.91. The van der Waals surface area contributed by atoms with Crippen LogP contribution in [-0.2, 0) is 15.2 Å². The average Bonchev–Trinajstić information content (AvgIpc) is 3.48. The van der Waals surface area contributed by atoms with Crippen molar-refractivity contribution in [2.45, 2.75) is 36.5 Å². The van der Waals surface area contributed by atoms with Crippen molar-refractivity contribution in [3.8, 4) is 5.75 Å². The number of aromatic nitrogens is 2. The summed E-state index contributed by atoms with van der Waals surface area (Å²) in [5.41, 5.74) is 2.88. The van der Waals surface area contributed by atoms with E-state index in [9.17, 15) is 4.79 Å². The number of amides is 1. The third-order valence-corrected chi connectivity index (χ3v) is 9.08. The van der Waals surface area contributed by atoms with Crippen molar-refractivity contribution in [2.75, 3.05) is 68.9 Å². The number of benzene rings is 2. The molecule has 6 rings (SSSR count). The van der Waals surface area contributed by atoms with Gasteiger partial charge in [-0.25, -0.2) is 9.97 Å². The molecule has 3 aliphatic rings. The normalized spacial score (nSPS) is 18.5. The van der Waals surface area contributed by atoms with Gasteiger partial charge >= 0.3 is 0 Å². The number of ether oxygens (including phenoxy) is 3. The van der Waals surface area contributed by atoms with E-state index in [2.05, 4.69) is 20.9 Å². The molecule has 4 heterocycles. The number of nitrogens with zero attached hydrogens (tertiary/aromatic N) is 5. The van der Waals surface area contributed by atoms with Crippen molar-refractivity contribution in [2.24, 2.45) is 0 Å². The fraction of sp³-hybridized carbons (Fsp3) is 0.452. The lowest BCUT2D eigenvalue weighted by molar-refractivity contribution is -0.169. The lowest BCUT2D eigenvalue weighted by Crippen LogP contribution is -2.48. The molecule has 0 radical (unpaired) electrons. The van der Waals surface area contributed by atoms with Gasteiger partial charge in [-0.1, -0.05) is 47.6 Å². The summed E-state index contributed by atoms with van der Waals surface area (Å²) in [6.45, 7) is 8.41. The summed E-state index contributed by atoms with van der Waals surface area (Å²) in [7, 11) is 0. The van der Waals surface area contributed by atoms with Gasteiger partial charge in [0.15, 0.2) is 10.9 Å². The molecule has 11 heteroatoms. The first-order chi connectivity index (χ1) is 20.5. The molecule has 1 amide bonds. The predicted molar refractivity (Wildman–Crippen MR) is 165 cm³/mol. The number of hydrogen-bond donors (Lipinski definition) is 0. The first-order valence-corrected chi connectivity index (χ1v) is 15.9. The van der Waals surface area contributed by atoms with E-state index in [1.807, 2.05) is 60.4 Å². The molecule has 9 nitrogen and oxygen atoms in total. The number of para-hydroxylation sites is 2. The van der Waals surface area contributed by atoms with Gasteiger partial charge in [-0.15, -0.1) is 0 Å². The standard InChI is InChI=1S/C31H36ClN5O4S/c1-2-39-26-6-4-3-5-25(26)35-15-17-37(18-16-35)29(38)24-9-7-23(8-10-24)22-42-30-33-27(32)21-28(34-30)36-13-11-31(12-14-36)40-19-20-41-31/h3-10,21H,2,11-20,22H2,1H3. The topological polar surface area (TPSA) is 80.3 Å². The first kappa shape index (κ1) is 29.0. The van der Waals surface area contributed by atoms with Crippen LogP contribution in [0.1, 0.15) is 35.7 Å². The van der Waals surface area contributed by atoms with E-state index in [0.29, 0.717) is 54.5 Å². The fourth-order valence-corrected chi connectivity index (χ4v) is 6.73. The van der Waals surface area contributed by atoms with Gasteiger partial charge in [0, 0.05) is 69.5 Å². The molecule has 0 saturated carbocycles. The number of thioether (sulfide) groups is 1. The van der Waals surface area contributed by atoms with Crippen LogP contribution in [0.2, 0.25) is 5.15 Å². The zero-order valence-corrected chi connectivity index (χ0v) is 25.4. The van der Waals surface area contributed by atoms with Crippen molar-refractivity contribution in [1.82, 2.24) is 14.9 Å². The largest absolute Gasteiger partial charge is 0.492 e. The van der Waals surface area contributed by atoms with Crippen LogP contribution in [0.15, 0.2) is 59.8 Å². The molecule has 0 bridgehead atoms. The van der Waals surface area contributed by atoms with E-state index in [1.54, 1.807) is 0 Å². The Labute approximate surface area is 256 Å². The highest BCUT2D eigenvalue weighted by atomic mass is 35.5. The maximum absolute atomic E-state index is 13.2. The van der Waals surface area contributed by atoms with Crippen molar-refractivity contribution >= 4 is 40.8 Å². The minimum atomic E-state index is -0.428. The van der Waals surface area contributed by atoms with Gasteiger partial charge in [0.05, 0.1) is 25.5 Å². The highest BCUT2D eigenvalue weighted by Gasteiger charge is 2.40. The Hall–Kier alpha value is -3.05. The van der Waals surface area contributed by atoms with E-state index in [1.165, 1.54) is 11.8 Å². The lowest BCUT2D eigenvalue weighted by atomic mass is 10.0. The second kappa shape index (κ2) is 13.1. The van der Waals surface area contributed by atoms with Crippen LogP contribution in [0.25, 0.3) is 0 Å². The number of carbonyl (C=O) groups is 1. The molecular formula is C31H36ClN5O4S. The molecule has 2 aromatic carbocycles. The number of carbonyl (C=O) groups excluding carboxylic acids is 1. The second-order valence-electron chi connectivity index (χ2n) is 10.6. The fourth-order valence-electron chi connectivity index (χ4n) is 5.69. The Morgan fingerprint density at radius 1 is 0.952 bits per heavy atom. The lowest BCUT2D eigenvalue weighted by Gasteiger charge is -2.38. The predicted octanol–water partition coefficient (Wildman–Crippen LogP) is 5.13. The molecule has 42 heavy (non-hydrogen) atoms. The molecule has 3 aliphatic heterocycles. The zero-order valence-electron chi connectivity index (χ0n) is 23.8. The summed E-state index contributed by atoms with van der Waals surface area (Å²) in [6, 6.07) is 17.7. The molecule has 3 saturated heterocycles. The van der Waals surface area contributed by atoms with Crippen LogP contribution in [0.3, 0.4) is 0 Å². The van der Waals surface area contributed by atoms with E-state index < -0.39 is 5.79 Å². The van der Waals surface area contributed by atoms with E-state index >= 15 is 0 Å². The van der Waals surface area contributed by atoms with Gasteiger partial charge in [0.2, 0.25) is 0 Å². The molecule has 222 valence electrons. The van der Waals surface area contributed by atoms with Gasteiger partial charge in [-0.2, -0.15) is 0 Å². The summed E-state index contributed by atoms with van der Waals surface area (Å²) in [6.07, 6.45) is 1.61. The number of piperazine rings is 1. The van der Waals surface area contributed by atoms with Crippen LogP contribution in [0, 0.1) is 0 Å². The molecule has 0 aliphatic carbocycles. The molecule has 0 N–H and O–H groups in total. The average molecular weight is 610 g/mol. The minimum absolute atomic E-state index is 0.0616. The summed E-state index contributed by atoms with van der Waals surface area (Å²) in [4.78, 5) is 28.9. The Balaban J connectivity index is 1.01. The molecule has 0 unspecified atom stereocenters. The number of piperidine rings is 1. The molecule has 3 aromatic rings. The van der Waals surface area contributed by atoms with E-state index in [0.717, 1.165) is 61.8 Å². The monoisotopic (exact) mass is 609 g/mol. The number of anilines is 2. The number of hydrogen-bond acceptors (Lipinski definition) is 9. The maximum Gasteiger partial charge on any atom is 0.253 e. The highest BCUT2D eigenvalue weighted by molar-refractivity contribution is 7.98. The SMILES string of the molecule is CCOc1ccccc1N1CCN(C(=O)c2ccc(CSc3nc(Cl)cc(N4CCC5(CC4)OCCO5)n3)cc2)CC1. The van der Waals surface area contributed by atoms with Crippen LogP contribution in [0.4, 0.5) is 11.5 Å². The number of halogens is 1. The Morgan fingerprint density at radius 3 is 2.38 bits per heavy atom. The second-order valence-corrected chi connectivity index (χ2v) is 11.9. The highest BCUT2D eigenvalue weighted by Crippen LogP contribution is 2.34. The van der Waals surface area contributed by atoms with Gasteiger partial charge < -0.3 is 28.9 Å². The molecule has 1 spiro atoms. The van der Waals surface area contributed by atoms with Crippen LogP contribution >= 0.6 is 23.4 Å². The quantitative estimate of drug-likeness (QED) is 0.196. The Kier molecular flexibility index (Phi) is 9.04. The van der Waals surface area contributed by atoms with Crippen molar-refractivity contribution in [3.05, 3.63) is 70.9 Å². The molecule has 3 fully saturated rings. The van der Waals surface area contributed by atoms with E-state index in [-0.39, 0.29) is 5.91 Å². The molecule has 1 aromatic heterocycles. The minimum Gasteiger partial charge on any atom is -0.492 e. The van der Waals surface area contributed by atoms with Gasteiger partial charge in [-0.3, -0.25) is 4.79 Å². The molecule has 0 atom stereocenters. The van der Waals surface area contributed by atoms with Gasteiger partial charge in [0.1, 0.15) is 16.7 Å². The number of rotatable bonds is 8. The van der Waals surface area contributed by atoms with Crippen LogP contribution in [-0.4, -0.2) is 85.7 Å². The van der Waals surface area contributed by atoms with Crippen LogP contribution in [0.5, 0.6) is 5.75 Å². The Morgan fingerprint density at radius 2 is 1.67 bits per heavy atom. The van der Waals surface area contributed by atoms with Gasteiger partial charge in [-0.05, 0) is 36.8 Å². The van der Waals surface area contributed by atoms with Crippen molar-refractivity contribution in [3.63, 3.8) is 0 Å². The first-order valence-electron chi connectivity index (χ1n) is 14.6. The third kappa shape index (κ3) is 6.62. The third-order valence-electron chi connectivity index (χ3n) is 7.97. The molecular weight excluding hydrogens is 574 g/mol. The van der Waals surface area contributed by atoms with E-state index in [4.69, 9.17) is 30.8 Å². The Bertz CT molecular complexity index is 1370. The summed E-state index contributed by atoms with van der Waals surface area (Å²) < 4.78 is 17.5. The van der Waals surface area contributed by atoms with Crippen LogP contribution < -0.4 is 14.5 Å². The van der Waals surface area contributed by atoms with Crippen molar-refractivity contribution in [1.29, 1.82) is 0 Å². The summed E-state index contributed by atoms with van der Waals surface area (Å²) in [5.74, 6) is 2.03.